The molecule has 0 aliphatic rings. The standard InChI is InChI=1S/C23H19N5O2/c1-30-23-26-11-9-20(28-23)16-3-5-17(6-4-16)22(29)25-10-8-15-2-7-21-19(12-15)18(13-24)14-27-21/h2-7,9,11-12,14,27H,8,10H2,1H3,(H,25,29). The third-order valence-corrected chi connectivity index (χ3v) is 4.82. The number of nitriles is 1. The number of hydrogen-bond donors (Lipinski definition) is 2. The van der Waals surface area contributed by atoms with Crippen LogP contribution in [0.2, 0.25) is 0 Å². The van der Waals surface area contributed by atoms with Crippen LogP contribution in [0.1, 0.15) is 21.5 Å². The Morgan fingerprint density at radius 1 is 1.20 bits per heavy atom. The normalized spacial score (nSPS) is 10.5. The van der Waals surface area contributed by atoms with Crippen molar-refractivity contribution >= 4 is 16.8 Å². The van der Waals surface area contributed by atoms with Crippen LogP contribution in [-0.2, 0) is 6.42 Å². The van der Waals surface area contributed by atoms with E-state index in [2.05, 4.69) is 26.3 Å². The Morgan fingerprint density at radius 2 is 2.03 bits per heavy atom. The van der Waals surface area contributed by atoms with Gasteiger partial charge in [0.2, 0.25) is 0 Å². The number of carbonyl (C=O) groups excluding carboxylic acids is 1. The lowest BCUT2D eigenvalue weighted by Crippen LogP contribution is -2.25. The first-order valence-electron chi connectivity index (χ1n) is 9.43. The third-order valence-electron chi connectivity index (χ3n) is 4.82. The Hall–Kier alpha value is -4.18. The van der Waals surface area contributed by atoms with Crippen molar-refractivity contribution in [2.75, 3.05) is 13.7 Å². The molecular weight excluding hydrogens is 378 g/mol. The summed E-state index contributed by atoms with van der Waals surface area (Å²) in [4.78, 5) is 23.8. The summed E-state index contributed by atoms with van der Waals surface area (Å²) >= 11 is 0. The predicted octanol–water partition coefficient (Wildman–Crippen LogP) is 3.48. The van der Waals surface area contributed by atoms with Crippen LogP contribution in [0, 0.1) is 11.3 Å². The molecule has 0 unspecified atom stereocenters. The van der Waals surface area contributed by atoms with Gasteiger partial charge in [-0.15, -0.1) is 0 Å². The third kappa shape index (κ3) is 3.98. The van der Waals surface area contributed by atoms with Gasteiger partial charge in [0.25, 0.3) is 5.91 Å². The van der Waals surface area contributed by atoms with Gasteiger partial charge in [-0.25, -0.2) is 4.98 Å². The van der Waals surface area contributed by atoms with Gasteiger partial charge in [-0.3, -0.25) is 4.79 Å². The molecule has 0 atom stereocenters. The number of nitrogens with one attached hydrogen (secondary N) is 2. The number of carbonyl (C=O) groups is 1. The summed E-state index contributed by atoms with van der Waals surface area (Å²) in [6.07, 6.45) is 4.01. The Morgan fingerprint density at radius 3 is 2.80 bits per heavy atom. The highest BCUT2D eigenvalue weighted by atomic mass is 16.5. The van der Waals surface area contributed by atoms with Gasteiger partial charge in [0.15, 0.2) is 0 Å². The molecule has 0 saturated carbocycles. The minimum atomic E-state index is -0.137. The fraction of sp³-hybridized carbons (Fsp3) is 0.130. The van der Waals surface area contributed by atoms with Crippen LogP contribution in [0.25, 0.3) is 22.2 Å². The van der Waals surface area contributed by atoms with Crippen LogP contribution >= 0.6 is 0 Å². The molecule has 0 radical (unpaired) electrons. The molecule has 4 rings (SSSR count). The largest absolute Gasteiger partial charge is 0.467 e. The Kier molecular flexibility index (Phi) is 5.39. The molecule has 0 fully saturated rings. The molecule has 0 bridgehead atoms. The van der Waals surface area contributed by atoms with Crippen molar-refractivity contribution in [3.05, 3.63) is 77.6 Å². The Balaban J connectivity index is 1.38. The molecule has 2 N–H and O–H groups in total. The van der Waals surface area contributed by atoms with Gasteiger partial charge >= 0.3 is 6.01 Å². The Bertz CT molecular complexity index is 1240. The maximum atomic E-state index is 12.4. The summed E-state index contributed by atoms with van der Waals surface area (Å²) in [5.41, 5.74) is 4.80. The zero-order chi connectivity index (χ0) is 20.9. The number of ether oxygens (including phenoxy) is 1. The van der Waals surface area contributed by atoms with E-state index < -0.39 is 0 Å². The van der Waals surface area contributed by atoms with Crippen LogP contribution in [0.4, 0.5) is 0 Å². The minimum absolute atomic E-state index is 0.137. The summed E-state index contributed by atoms with van der Waals surface area (Å²) < 4.78 is 5.05. The molecule has 30 heavy (non-hydrogen) atoms. The second-order valence-corrected chi connectivity index (χ2v) is 6.71. The maximum absolute atomic E-state index is 12.4. The first-order valence-corrected chi connectivity index (χ1v) is 9.43. The van der Waals surface area contributed by atoms with E-state index in [-0.39, 0.29) is 5.91 Å². The number of fused-ring (bicyclic) bond motifs is 1. The van der Waals surface area contributed by atoms with Gasteiger partial charge < -0.3 is 15.0 Å². The number of benzene rings is 2. The Labute approximate surface area is 173 Å². The quantitative estimate of drug-likeness (QED) is 0.518. The zero-order valence-electron chi connectivity index (χ0n) is 16.3. The monoisotopic (exact) mass is 397 g/mol. The number of methoxy groups -OCH3 is 1. The summed E-state index contributed by atoms with van der Waals surface area (Å²) in [5.74, 6) is -0.137. The molecule has 148 valence electrons. The van der Waals surface area contributed by atoms with E-state index in [0.29, 0.717) is 30.1 Å². The molecule has 2 heterocycles. The summed E-state index contributed by atoms with van der Waals surface area (Å²) in [6, 6.07) is 17.4. The van der Waals surface area contributed by atoms with Crippen molar-refractivity contribution in [3.63, 3.8) is 0 Å². The van der Waals surface area contributed by atoms with E-state index in [1.165, 1.54) is 7.11 Å². The van der Waals surface area contributed by atoms with Crippen molar-refractivity contribution in [2.24, 2.45) is 0 Å². The summed E-state index contributed by atoms with van der Waals surface area (Å²) in [5, 5.41) is 13.0. The molecule has 7 heteroatoms. The first kappa shape index (κ1) is 19.2. The molecule has 4 aromatic rings. The highest BCUT2D eigenvalue weighted by molar-refractivity contribution is 5.94. The van der Waals surface area contributed by atoms with Gasteiger partial charge in [-0.05, 0) is 42.3 Å². The maximum Gasteiger partial charge on any atom is 0.316 e. The number of hydrogen-bond acceptors (Lipinski definition) is 5. The number of nitrogens with zero attached hydrogens (tertiary/aromatic N) is 3. The average molecular weight is 397 g/mol. The van der Waals surface area contributed by atoms with Crippen LogP contribution < -0.4 is 10.1 Å². The highest BCUT2D eigenvalue weighted by Gasteiger charge is 2.08. The van der Waals surface area contributed by atoms with Crippen LogP contribution in [0.15, 0.2) is 60.9 Å². The summed E-state index contributed by atoms with van der Waals surface area (Å²) in [6.45, 7) is 0.501. The van der Waals surface area contributed by atoms with Gasteiger partial charge in [-0.2, -0.15) is 10.2 Å². The molecule has 2 aromatic carbocycles. The molecule has 1 amide bonds. The van der Waals surface area contributed by atoms with Crippen LogP contribution in [-0.4, -0.2) is 34.5 Å². The van der Waals surface area contributed by atoms with Crippen molar-refractivity contribution in [2.45, 2.75) is 6.42 Å². The lowest BCUT2D eigenvalue weighted by molar-refractivity contribution is 0.0954. The van der Waals surface area contributed by atoms with E-state index >= 15 is 0 Å². The molecular formula is C23H19N5O2. The predicted molar refractivity (Wildman–Crippen MR) is 113 cm³/mol. The molecule has 0 spiro atoms. The van der Waals surface area contributed by atoms with Gasteiger partial charge in [0.05, 0.1) is 18.4 Å². The van der Waals surface area contributed by atoms with Gasteiger partial charge in [0.1, 0.15) is 6.07 Å². The molecule has 0 aliphatic heterocycles. The highest BCUT2D eigenvalue weighted by Crippen LogP contribution is 2.20. The smallest absolute Gasteiger partial charge is 0.316 e. The van der Waals surface area contributed by atoms with Crippen molar-refractivity contribution in [3.8, 4) is 23.3 Å². The SMILES string of the molecule is COc1nccc(-c2ccc(C(=O)NCCc3ccc4[nH]cc(C#N)c4c3)cc2)n1. The fourth-order valence-electron chi connectivity index (χ4n) is 3.23. The first-order chi connectivity index (χ1) is 14.7. The second kappa shape index (κ2) is 8.45. The van der Waals surface area contributed by atoms with Crippen LogP contribution in [0.5, 0.6) is 6.01 Å². The number of rotatable bonds is 6. The molecule has 2 aromatic heterocycles. The van der Waals surface area contributed by atoms with Crippen molar-refractivity contribution in [1.82, 2.24) is 20.3 Å². The van der Waals surface area contributed by atoms with E-state index in [9.17, 15) is 4.79 Å². The van der Waals surface area contributed by atoms with E-state index in [1.54, 1.807) is 30.6 Å². The van der Waals surface area contributed by atoms with Gasteiger partial charge in [0, 0.05) is 41.0 Å². The average Bonchev–Trinajstić information content (AvgIpc) is 3.21. The van der Waals surface area contributed by atoms with Crippen molar-refractivity contribution < 1.29 is 9.53 Å². The molecule has 0 aliphatic carbocycles. The van der Waals surface area contributed by atoms with E-state index in [0.717, 1.165) is 27.7 Å². The number of H-pyrrole nitrogens is 1. The number of aromatic amines is 1. The zero-order valence-corrected chi connectivity index (χ0v) is 16.3. The minimum Gasteiger partial charge on any atom is -0.467 e. The second-order valence-electron chi connectivity index (χ2n) is 6.71. The number of aromatic nitrogens is 3. The molecule has 7 nitrogen and oxygen atoms in total. The fourth-order valence-corrected chi connectivity index (χ4v) is 3.23. The topological polar surface area (TPSA) is 104 Å². The van der Waals surface area contributed by atoms with Crippen LogP contribution in [0.3, 0.4) is 0 Å². The molecule has 0 saturated heterocycles. The lowest BCUT2D eigenvalue weighted by atomic mass is 10.1. The lowest BCUT2D eigenvalue weighted by Gasteiger charge is -2.07. The van der Waals surface area contributed by atoms with Gasteiger partial charge in [-0.1, -0.05) is 18.2 Å². The van der Waals surface area contributed by atoms with Crippen molar-refractivity contribution in [1.29, 1.82) is 5.26 Å². The van der Waals surface area contributed by atoms with E-state index in [4.69, 9.17) is 10.00 Å². The number of amides is 1. The van der Waals surface area contributed by atoms with E-state index in [1.807, 2.05) is 30.3 Å². The summed E-state index contributed by atoms with van der Waals surface area (Å²) in [7, 11) is 1.52.